The highest BCUT2D eigenvalue weighted by Gasteiger charge is 2.40. The normalized spacial score (nSPS) is 14.1. The molecule has 4 rings (SSSR count). The molecule has 3 aromatic rings. The van der Waals surface area contributed by atoms with E-state index >= 15 is 0 Å². The largest absolute Gasteiger partial charge is 0.447 e. The fraction of sp³-hybridized carbons (Fsp3) is 0.263. The van der Waals surface area contributed by atoms with Gasteiger partial charge in [-0.1, -0.05) is 0 Å². The van der Waals surface area contributed by atoms with Crippen molar-refractivity contribution in [1.82, 2.24) is 4.98 Å². The standard InChI is InChI=1S/C19H21BN3O/c1-12-8-9-22(5)17(10-12)23-14(3)11-16-15-7-6-13(2)21-19(15)24-18(16)20(23)4/h6-11H,1-5H3/q+1. The summed E-state index contributed by atoms with van der Waals surface area (Å²) in [6.45, 7) is 8.57. The smallest absolute Gasteiger partial charge is 0.447 e. The average Bonchev–Trinajstić information content (AvgIpc) is 2.88. The highest BCUT2D eigenvalue weighted by molar-refractivity contribution is 6.76. The molecule has 0 bridgehead atoms. The predicted octanol–water partition coefficient (Wildman–Crippen LogP) is 2.98. The molecule has 1 aliphatic heterocycles. The van der Waals surface area contributed by atoms with Crippen molar-refractivity contribution in [3.05, 3.63) is 53.0 Å². The average molecular weight is 318 g/mol. The van der Waals surface area contributed by atoms with Crippen molar-refractivity contribution in [1.29, 1.82) is 0 Å². The third-order valence-electron chi connectivity index (χ3n) is 4.79. The van der Waals surface area contributed by atoms with Gasteiger partial charge in [-0.3, -0.25) is 4.81 Å². The van der Waals surface area contributed by atoms with Crippen LogP contribution in [0.15, 0.2) is 40.6 Å². The van der Waals surface area contributed by atoms with Crippen molar-refractivity contribution >= 4 is 35.5 Å². The van der Waals surface area contributed by atoms with Crippen LogP contribution in [0.2, 0.25) is 6.82 Å². The second kappa shape index (κ2) is 5.23. The zero-order chi connectivity index (χ0) is 17.0. The summed E-state index contributed by atoms with van der Waals surface area (Å²) in [5.74, 6) is 1.16. The SMILES string of the molecule is CB1c2oc3nc(C)ccc3c2C=C(C)N1c1cc(C)cc[n+]1C. The number of hydrogen-bond acceptors (Lipinski definition) is 3. The molecule has 0 radical (unpaired) electrons. The van der Waals surface area contributed by atoms with Crippen LogP contribution in [0.1, 0.15) is 23.7 Å². The topological polar surface area (TPSA) is 33.2 Å². The molecule has 0 unspecified atom stereocenters. The van der Waals surface area contributed by atoms with Crippen LogP contribution in [0.3, 0.4) is 0 Å². The van der Waals surface area contributed by atoms with Gasteiger partial charge in [-0.25, -0.2) is 9.55 Å². The lowest BCUT2D eigenvalue weighted by Crippen LogP contribution is -2.52. The van der Waals surface area contributed by atoms with Gasteiger partial charge in [-0.15, -0.1) is 0 Å². The van der Waals surface area contributed by atoms with E-state index in [4.69, 9.17) is 4.42 Å². The highest BCUT2D eigenvalue weighted by atomic mass is 16.3. The molecule has 1 aliphatic rings. The van der Waals surface area contributed by atoms with Crippen LogP contribution in [-0.4, -0.2) is 11.8 Å². The predicted molar refractivity (Wildman–Crippen MR) is 98.5 cm³/mol. The summed E-state index contributed by atoms with van der Waals surface area (Å²) in [6, 6.07) is 8.48. The van der Waals surface area contributed by atoms with Gasteiger partial charge in [-0.05, 0) is 57.4 Å². The van der Waals surface area contributed by atoms with Crippen LogP contribution in [0, 0.1) is 13.8 Å². The Hall–Kier alpha value is -2.56. The summed E-state index contributed by atoms with van der Waals surface area (Å²) < 4.78 is 8.30. The molecule has 0 amide bonds. The van der Waals surface area contributed by atoms with Crippen LogP contribution >= 0.6 is 0 Å². The molecule has 0 atom stereocenters. The molecule has 0 fully saturated rings. The van der Waals surface area contributed by atoms with Gasteiger partial charge in [0, 0.05) is 22.7 Å². The van der Waals surface area contributed by atoms with Gasteiger partial charge in [0.05, 0.1) is 18.9 Å². The number of pyridine rings is 2. The lowest BCUT2D eigenvalue weighted by Gasteiger charge is -2.26. The Morgan fingerprint density at radius 3 is 2.75 bits per heavy atom. The van der Waals surface area contributed by atoms with Crippen LogP contribution in [-0.2, 0) is 7.05 Å². The highest BCUT2D eigenvalue weighted by Crippen LogP contribution is 2.29. The van der Waals surface area contributed by atoms with E-state index in [0.717, 1.165) is 33.8 Å². The number of allylic oxidation sites excluding steroid dienone is 1. The van der Waals surface area contributed by atoms with Crippen molar-refractivity contribution in [2.45, 2.75) is 27.6 Å². The zero-order valence-corrected chi connectivity index (χ0v) is 14.8. The maximum atomic E-state index is 6.15. The first-order chi connectivity index (χ1) is 11.5. The molecule has 0 saturated carbocycles. The van der Waals surface area contributed by atoms with Crippen LogP contribution in [0.25, 0.3) is 17.2 Å². The Kier molecular flexibility index (Phi) is 3.27. The minimum absolute atomic E-state index is 0.118. The van der Waals surface area contributed by atoms with Crippen molar-refractivity contribution in [2.24, 2.45) is 7.05 Å². The Morgan fingerprint density at radius 2 is 1.96 bits per heavy atom. The number of rotatable bonds is 1. The summed E-state index contributed by atoms with van der Waals surface area (Å²) in [5, 5.41) is 1.09. The van der Waals surface area contributed by atoms with E-state index in [1.54, 1.807) is 0 Å². The molecule has 4 heterocycles. The molecule has 3 aromatic heterocycles. The van der Waals surface area contributed by atoms with E-state index in [-0.39, 0.29) is 6.85 Å². The Bertz CT molecular complexity index is 990. The monoisotopic (exact) mass is 318 g/mol. The summed E-state index contributed by atoms with van der Waals surface area (Å²) in [6.07, 6.45) is 4.31. The molecular formula is C19H21BN3O+. The lowest BCUT2D eigenvalue weighted by molar-refractivity contribution is -0.658. The van der Waals surface area contributed by atoms with Crippen molar-refractivity contribution in [3.63, 3.8) is 0 Å². The van der Waals surface area contributed by atoms with Gasteiger partial charge in [0.2, 0.25) is 5.71 Å². The maximum absolute atomic E-state index is 6.15. The molecule has 5 heteroatoms. The number of nitrogens with zero attached hydrogens (tertiary/aromatic N) is 3. The molecule has 0 N–H and O–H groups in total. The minimum atomic E-state index is 0.118. The van der Waals surface area contributed by atoms with Crippen LogP contribution in [0.4, 0.5) is 5.82 Å². The summed E-state index contributed by atoms with van der Waals surface area (Å²) >= 11 is 0. The van der Waals surface area contributed by atoms with Crippen LogP contribution in [0.5, 0.6) is 0 Å². The molecule has 0 aromatic carbocycles. The first-order valence-corrected chi connectivity index (χ1v) is 8.29. The van der Waals surface area contributed by atoms with Gasteiger partial charge in [0.1, 0.15) is 5.66 Å². The van der Waals surface area contributed by atoms with E-state index < -0.39 is 0 Å². The number of hydrogen-bond donors (Lipinski definition) is 0. The Balaban J connectivity index is 1.91. The van der Waals surface area contributed by atoms with E-state index in [1.165, 1.54) is 11.3 Å². The molecule has 0 spiro atoms. The van der Waals surface area contributed by atoms with E-state index in [9.17, 15) is 0 Å². The summed E-state index contributed by atoms with van der Waals surface area (Å²) in [5.41, 5.74) is 6.30. The fourth-order valence-corrected chi connectivity index (χ4v) is 3.55. The van der Waals surface area contributed by atoms with Gasteiger partial charge in [-0.2, -0.15) is 0 Å². The minimum Gasteiger partial charge on any atom is -0.447 e. The number of fused-ring (bicyclic) bond motifs is 3. The van der Waals surface area contributed by atoms with Crippen molar-refractivity contribution in [2.75, 3.05) is 4.81 Å². The Labute approximate surface area is 142 Å². The summed E-state index contributed by atoms with van der Waals surface area (Å²) in [4.78, 5) is 6.87. The van der Waals surface area contributed by atoms with Gasteiger partial charge >= 0.3 is 6.85 Å². The second-order valence-corrected chi connectivity index (χ2v) is 6.69. The number of aryl methyl sites for hydroxylation is 3. The van der Waals surface area contributed by atoms with Crippen molar-refractivity contribution in [3.8, 4) is 0 Å². The van der Waals surface area contributed by atoms with E-state index in [2.05, 4.69) is 72.6 Å². The van der Waals surface area contributed by atoms with Gasteiger partial charge < -0.3 is 4.42 Å². The molecule has 0 saturated heterocycles. The molecule has 120 valence electrons. The van der Waals surface area contributed by atoms with E-state index in [0.29, 0.717) is 0 Å². The number of aromatic nitrogens is 2. The zero-order valence-electron chi connectivity index (χ0n) is 14.8. The fourth-order valence-electron chi connectivity index (χ4n) is 3.55. The summed E-state index contributed by atoms with van der Waals surface area (Å²) in [7, 11) is 2.08. The number of furan rings is 1. The molecule has 4 nitrogen and oxygen atoms in total. The van der Waals surface area contributed by atoms with Gasteiger partial charge in [0.15, 0.2) is 0 Å². The van der Waals surface area contributed by atoms with E-state index in [1.807, 2.05) is 13.0 Å². The first kappa shape index (κ1) is 15.0. The first-order valence-electron chi connectivity index (χ1n) is 8.29. The quantitative estimate of drug-likeness (QED) is 0.511. The molecule has 0 aliphatic carbocycles. The third kappa shape index (κ3) is 2.15. The second-order valence-electron chi connectivity index (χ2n) is 6.69. The van der Waals surface area contributed by atoms with Crippen LogP contribution < -0.4 is 15.0 Å². The Morgan fingerprint density at radius 1 is 1.17 bits per heavy atom. The van der Waals surface area contributed by atoms with Crippen molar-refractivity contribution < 1.29 is 8.98 Å². The lowest BCUT2D eigenvalue weighted by atomic mass is 9.57. The third-order valence-corrected chi connectivity index (χ3v) is 4.79. The van der Waals surface area contributed by atoms with Gasteiger partial charge in [0.25, 0.3) is 5.82 Å². The maximum Gasteiger partial charge on any atom is 0.447 e. The molecule has 24 heavy (non-hydrogen) atoms. The number of anilines is 1. The molecular weight excluding hydrogens is 297 g/mol.